The van der Waals surface area contributed by atoms with Crippen molar-refractivity contribution in [2.75, 3.05) is 11.9 Å². The number of hydrogen-bond acceptors (Lipinski definition) is 5. The van der Waals surface area contributed by atoms with Gasteiger partial charge < -0.3 is 9.79 Å². The fourth-order valence-corrected chi connectivity index (χ4v) is 7.91. The standard InChI is InChI=1S/C9H21O7PS2/c1-5-8(7-17(10,11)12)19(15,16)9(3,4)18(13,14)6-2/h8H,5-7H2,1-4H3,(H2,10,11,12). The minimum Gasteiger partial charge on any atom is -0.324 e. The fraction of sp³-hybridized carbons (Fsp3) is 1.00. The largest absolute Gasteiger partial charge is 0.326 e. The molecule has 2 N–H and O–H groups in total. The van der Waals surface area contributed by atoms with Gasteiger partial charge in [-0.2, -0.15) is 0 Å². The van der Waals surface area contributed by atoms with Crippen LogP contribution in [0.25, 0.3) is 0 Å². The van der Waals surface area contributed by atoms with Crippen LogP contribution in [0.1, 0.15) is 34.1 Å². The molecule has 1 atom stereocenters. The van der Waals surface area contributed by atoms with Crippen LogP contribution in [-0.4, -0.2) is 47.9 Å². The Kier molecular flexibility index (Phi) is 5.83. The first-order valence-corrected chi connectivity index (χ1v) is 10.7. The van der Waals surface area contributed by atoms with Crippen molar-refractivity contribution in [2.45, 2.75) is 43.4 Å². The number of sulfone groups is 2. The minimum atomic E-state index is -4.54. The lowest BCUT2D eigenvalue weighted by molar-refractivity contribution is 0.371. The molecule has 0 bridgehead atoms. The quantitative estimate of drug-likeness (QED) is 0.649. The molecular weight excluding hydrogens is 315 g/mol. The van der Waals surface area contributed by atoms with Gasteiger partial charge in [-0.15, -0.1) is 0 Å². The van der Waals surface area contributed by atoms with Crippen molar-refractivity contribution in [3.8, 4) is 0 Å². The molecule has 116 valence electrons. The van der Waals surface area contributed by atoms with E-state index >= 15 is 0 Å². The molecule has 0 aromatic carbocycles. The van der Waals surface area contributed by atoms with Crippen LogP contribution in [0.3, 0.4) is 0 Å². The van der Waals surface area contributed by atoms with Gasteiger partial charge in [0.2, 0.25) is 0 Å². The molecule has 0 heterocycles. The highest BCUT2D eigenvalue weighted by molar-refractivity contribution is 8.10. The molecule has 19 heavy (non-hydrogen) atoms. The maximum absolute atomic E-state index is 12.3. The second-order valence-electron chi connectivity index (χ2n) is 4.73. The van der Waals surface area contributed by atoms with E-state index in [0.717, 1.165) is 13.8 Å². The van der Waals surface area contributed by atoms with Crippen molar-refractivity contribution >= 4 is 27.3 Å². The van der Waals surface area contributed by atoms with E-state index in [-0.39, 0.29) is 12.2 Å². The first-order valence-electron chi connectivity index (χ1n) is 5.73. The average Bonchev–Trinajstić information content (AvgIpc) is 2.23. The monoisotopic (exact) mass is 336 g/mol. The summed E-state index contributed by atoms with van der Waals surface area (Å²) in [6.07, 6.45) is -0.926. The third-order valence-corrected chi connectivity index (χ3v) is 10.8. The normalized spacial score (nSPS) is 16.3. The summed E-state index contributed by atoms with van der Waals surface area (Å²) < 4.78 is 57.4. The molecular formula is C9H21O7PS2. The zero-order chi connectivity index (χ0) is 15.7. The number of hydrogen-bond donors (Lipinski definition) is 2. The smallest absolute Gasteiger partial charge is 0.324 e. The highest BCUT2D eigenvalue weighted by Gasteiger charge is 2.49. The lowest BCUT2D eigenvalue weighted by Gasteiger charge is -2.29. The first kappa shape index (κ1) is 19.1. The maximum Gasteiger partial charge on any atom is 0.326 e. The Hall–Kier alpha value is 0.0500. The van der Waals surface area contributed by atoms with Gasteiger partial charge in [0.25, 0.3) is 0 Å². The predicted molar refractivity (Wildman–Crippen MR) is 73.4 cm³/mol. The molecule has 0 aromatic heterocycles. The Balaban J connectivity index is 5.78. The first-order chi connectivity index (χ1) is 8.23. The van der Waals surface area contributed by atoms with Gasteiger partial charge in [-0.3, -0.25) is 4.57 Å². The summed E-state index contributed by atoms with van der Waals surface area (Å²) >= 11 is 0. The highest BCUT2D eigenvalue weighted by atomic mass is 32.3. The van der Waals surface area contributed by atoms with Gasteiger partial charge in [0.05, 0.1) is 11.4 Å². The molecule has 0 aromatic rings. The van der Waals surface area contributed by atoms with E-state index in [4.69, 9.17) is 9.79 Å². The van der Waals surface area contributed by atoms with Crippen molar-refractivity contribution in [1.29, 1.82) is 0 Å². The fourth-order valence-electron chi connectivity index (χ4n) is 1.64. The highest BCUT2D eigenvalue weighted by Crippen LogP contribution is 2.40. The predicted octanol–water partition coefficient (Wildman–Crippen LogP) is 0.528. The van der Waals surface area contributed by atoms with Crippen molar-refractivity contribution in [3.05, 3.63) is 0 Å². The summed E-state index contributed by atoms with van der Waals surface area (Å²) in [4.78, 5) is 17.8. The zero-order valence-corrected chi connectivity index (χ0v) is 13.9. The summed E-state index contributed by atoms with van der Waals surface area (Å²) in [6.45, 7) is 4.90. The molecule has 7 nitrogen and oxygen atoms in total. The van der Waals surface area contributed by atoms with E-state index in [9.17, 15) is 21.4 Å². The minimum absolute atomic E-state index is 0.0594. The van der Waals surface area contributed by atoms with Crippen LogP contribution < -0.4 is 0 Å². The molecule has 0 saturated carbocycles. The van der Waals surface area contributed by atoms with Crippen molar-refractivity contribution in [2.24, 2.45) is 0 Å². The molecule has 0 fully saturated rings. The van der Waals surface area contributed by atoms with Crippen LogP contribution in [-0.2, 0) is 24.2 Å². The van der Waals surface area contributed by atoms with Gasteiger partial charge in [0.15, 0.2) is 23.8 Å². The Morgan fingerprint density at radius 2 is 1.53 bits per heavy atom. The summed E-state index contributed by atoms with van der Waals surface area (Å²) in [5.41, 5.74) is 0. The number of rotatable bonds is 7. The summed E-state index contributed by atoms with van der Waals surface area (Å²) in [5.74, 6) is -0.356. The van der Waals surface area contributed by atoms with Gasteiger partial charge >= 0.3 is 7.60 Å². The average molecular weight is 336 g/mol. The maximum atomic E-state index is 12.3. The van der Waals surface area contributed by atoms with Gasteiger partial charge in [-0.25, -0.2) is 16.8 Å². The van der Waals surface area contributed by atoms with Crippen LogP contribution in [0.15, 0.2) is 0 Å². The molecule has 0 amide bonds. The molecule has 10 heteroatoms. The zero-order valence-electron chi connectivity index (χ0n) is 11.4. The lowest BCUT2D eigenvalue weighted by atomic mass is 10.4. The Labute approximate surface area is 114 Å². The van der Waals surface area contributed by atoms with Gasteiger partial charge in [-0.05, 0) is 20.3 Å². The lowest BCUT2D eigenvalue weighted by Crippen LogP contribution is -2.47. The Morgan fingerprint density at radius 3 is 1.79 bits per heavy atom. The summed E-state index contributed by atoms with van der Waals surface area (Å²) in [5, 5.41) is -1.38. The van der Waals surface area contributed by atoms with Crippen LogP contribution >= 0.6 is 7.60 Å². The van der Waals surface area contributed by atoms with Crippen LogP contribution in [0, 0.1) is 0 Å². The van der Waals surface area contributed by atoms with Crippen LogP contribution in [0.2, 0.25) is 0 Å². The van der Waals surface area contributed by atoms with E-state index in [1.807, 2.05) is 0 Å². The van der Waals surface area contributed by atoms with E-state index in [2.05, 4.69) is 0 Å². The van der Waals surface area contributed by atoms with E-state index in [1.54, 1.807) is 0 Å². The molecule has 0 radical (unpaired) electrons. The topological polar surface area (TPSA) is 126 Å². The molecule has 0 saturated heterocycles. The van der Waals surface area contributed by atoms with Crippen LogP contribution in [0.4, 0.5) is 0 Å². The third-order valence-electron chi connectivity index (χ3n) is 3.15. The van der Waals surface area contributed by atoms with E-state index in [0.29, 0.717) is 0 Å². The van der Waals surface area contributed by atoms with E-state index in [1.165, 1.54) is 13.8 Å². The van der Waals surface area contributed by atoms with Gasteiger partial charge in [-0.1, -0.05) is 13.8 Å². The summed E-state index contributed by atoms with van der Waals surface area (Å²) in [7, 11) is -12.7. The third kappa shape index (κ3) is 4.01. The van der Waals surface area contributed by atoms with Crippen molar-refractivity contribution < 1.29 is 31.2 Å². The molecule has 0 aliphatic carbocycles. The second kappa shape index (κ2) is 5.81. The van der Waals surface area contributed by atoms with Crippen LogP contribution in [0.5, 0.6) is 0 Å². The SMILES string of the molecule is CCC(CP(=O)(O)O)S(=O)(=O)C(C)(C)S(=O)(=O)CC. The molecule has 0 aliphatic rings. The Bertz CT molecular complexity index is 555. The van der Waals surface area contributed by atoms with Gasteiger partial charge in [0.1, 0.15) is 0 Å². The molecule has 1 unspecified atom stereocenters. The second-order valence-corrected chi connectivity index (χ2v) is 12.3. The summed E-state index contributed by atoms with van der Waals surface area (Å²) in [6, 6.07) is 0. The van der Waals surface area contributed by atoms with Crippen molar-refractivity contribution in [3.63, 3.8) is 0 Å². The van der Waals surface area contributed by atoms with Gasteiger partial charge in [0, 0.05) is 5.75 Å². The molecule has 0 spiro atoms. The van der Waals surface area contributed by atoms with E-state index < -0.39 is 42.8 Å². The van der Waals surface area contributed by atoms with Crippen molar-refractivity contribution in [1.82, 2.24) is 0 Å². The molecule has 0 aliphatic heterocycles. The molecule has 0 rings (SSSR count). The Morgan fingerprint density at radius 1 is 1.11 bits per heavy atom.